The monoisotopic (exact) mass is 238 g/mol. The van der Waals surface area contributed by atoms with Crippen molar-refractivity contribution in [2.45, 2.75) is 13.1 Å². The Labute approximate surface area is 95.7 Å². The molecule has 2 aromatic rings. The molecular formula is C10H10N2O3S. The van der Waals surface area contributed by atoms with E-state index in [0.29, 0.717) is 18.8 Å². The summed E-state index contributed by atoms with van der Waals surface area (Å²) in [5.41, 5.74) is 2.91. The Bertz CT molecular complexity index is 464. The predicted molar refractivity (Wildman–Crippen MR) is 58.3 cm³/mol. The van der Waals surface area contributed by atoms with E-state index in [0.717, 1.165) is 5.69 Å². The lowest BCUT2D eigenvalue weighted by atomic mass is 10.3. The molecule has 0 unspecified atom stereocenters. The van der Waals surface area contributed by atoms with Crippen LogP contribution in [0.25, 0.3) is 0 Å². The third kappa shape index (κ3) is 2.68. The van der Waals surface area contributed by atoms with Crippen LogP contribution in [0.4, 0.5) is 0 Å². The second-order valence-corrected chi connectivity index (χ2v) is 3.91. The fraction of sp³-hybridized carbons (Fsp3) is 0.200. The van der Waals surface area contributed by atoms with Crippen molar-refractivity contribution in [1.29, 1.82) is 0 Å². The fourth-order valence-electron chi connectivity index (χ4n) is 1.22. The smallest absolute Gasteiger partial charge is 0.338 e. The first-order chi connectivity index (χ1) is 7.75. The van der Waals surface area contributed by atoms with Gasteiger partial charge in [-0.1, -0.05) is 0 Å². The Morgan fingerprint density at radius 1 is 1.56 bits per heavy atom. The maximum absolute atomic E-state index is 10.6. The van der Waals surface area contributed by atoms with Gasteiger partial charge < -0.3 is 14.8 Å². The predicted octanol–water partition coefficient (Wildman–Crippen LogP) is 1.72. The summed E-state index contributed by atoms with van der Waals surface area (Å²) < 4.78 is 5.08. The van der Waals surface area contributed by atoms with Gasteiger partial charge in [-0.15, -0.1) is 11.3 Å². The zero-order chi connectivity index (χ0) is 11.4. The van der Waals surface area contributed by atoms with Gasteiger partial charge in [0.2, 0.25) is 0 Å². The lowest BCUT2D eigenvalue weighted by Crippen LogP contribution is -2.12. The molecule has 6 heteroatoms. The summed E-state index contributed by atoms with van der Waals surface area (Å²) in [6.07, 6.45) is 1.24. The number of furan rings is 1. The third-order valence-corrected chi connectivity index (χ3v) is 2.62. The number of aromatic nitrogens is 1. The van der Waals surface area contributed by atoms with Gasteiger partial charge in [0.05, 0.1) is 23.3 Å². The van der Waals surface area contributed by atoms with Gasteiger partial charge >= 0.3 is 5.97 Å². The number of nitrogens with one attached hydrogen (secondary N) is 1. The highest BCUT2D eigenvalue weighted by Crippen LogP contribution is 2.08. The molecule has 0 saturated heterocycles. The van der Waals surface area contributed by atoms with Crippen molar-refractivity contribution in [3.8, 4) is 0 Å². The Balaban J connectivity index is 1.83. The van der Waals surface area contributed by atoms with E-state index in [2.05, 4.69) is 10.3 Å². The summed E-state index contributed by atoms with van der Waals surface area (Å²) in [6, 6.07) is 1.51. The standard InChI is InChI=1S/C10H10N2O3S/c13-10(14)7-1-9(15-4-7)3-11-2-8-5-16-6-12-8/h1,4-6,11H,2-3H2,(H,13,14). The largest absolute Gasteiger partial charge is 0.478 e. The highest BCUT2D eigenvalue weighted by molar-refractivity contribution is 7.07. The zero-order valence-electron chi connectivity index (χ0n) is 8.34. The molecule has 84 valence electrons. The Kier molecular flexibility index (Phi) is 3.33. The summed E-state index contributed by atoms with van der Waals surface area (Å²) in [5, 5.41) is 13.8. The van der Waals surface area contributed by atoms with Crippen molar-refractivity contribution < 1.29 is 14.3 Å². The summed E-state index contributed by atoms with van der Waals surface area (Å²) >= 11 is 1.54. The molecule has 2 heterocycles. The summed E-state index contributed by atoms with van der Waals surface area (Å²) in [6.45, 7) is 1.14. The summed E-state index contributed by atoms with van der Waals surface area (Å²) in [5.74, 6) is -0.373. The van der Waals surface area contributed by atoms with E-state index in [-0.39, 0.29) is 5.56 Å². The van der Waals surface area contributed by atoms with Crippen LogP contribution in [-0.4, -0.2) is 16.1 Å². The summed E-state index contributed by atoms with van der Waals surface area (Å²) in [4.78, 5) is 14.7. The Morgan fingerprint density at radius 3 is 3.06 bits per heavy atom. The average Bonchev–Trinajstić information content (AvgIpc) is 2.87. The van der Waals surface area contributed by atoms with E-state index in [1.165, 1.54) is 12.3 Å². The molecule has 2 N–H and O–H groups in total. The molecular weight excluding hydrogens is 228 g/mol. The normalized spacial score (nSPS) is 10.5. The number of hydrogen-bond acceptors (Lipinski definition) is 5. The average molecular weight is 238 g/mol. The molecule has 0 bridgehead atoms. The van der Waals surface area contributed by atoms with Gasteiger partial charge in [-0.2, -0.15) is 0 Å². The van der Waals surface area contributed by atoms with E-state index in [1.807, 2.05) is 5.38 Å². The topological polar surface area (TPSA) is 75.4 Å². The number of nitrogens with zero attached hydrogens (tertiary/aromatic N) is 1. The number of carbonyl (C=O) groups is 1. The van der Waals surface area contributed by atoms with Crippen LogP contribution in [0, 0.1) is 0 Å². The molecule has 0 aliphatic carbocycles. The molecule has 2 aromatic heterocycles. The van der Waals surface area contributed by atoms with Crippen molar-refractivity contribution in [3.05, 3.63) is 40.2 Å². The SMILES string of the molecule is O=C(O)c1coc(CNCc2cscn2)c1. The van der Waals surface area contributed by atoms with Crippen molar-refractivity contribution in [2.24, 2.45) is 0 Å². The molecule has 2 rings (SSSR count). The van der Waals surface area contributed by atoms with E-state index in [4.69, 9.17) is 9.52 Å². The number of carboxylic acid groups (broad SMARTS) is 1. The Hall–Kier alpha value is -1.66. The highest BCUT2D eigenvalue weighted by Gasteiger charge is 2.07. The van der Waals surface area contributed by atoms with Gasteiger partial charge in [-0.3, -0.25) is 0 Å². The molecule has 0 atom stereocenters. The van der Waals surface area contributed by atoms with Gasteiger partial charge in [0.15, 0.2) is 0 Å². The van der Waals surface area contributed by atoms with Gasteiger partial charge in [0.25, 0.3) is 0 Å². The van der Waals surface area contributed by atoms with E-state index >= 15 is 0 Å². The molecule has 0 amide bonds. The first kappa shape index (κ1) is 10.8. The van der Waals surface area contributed by atoms with Crippen LogP contribution in [0.3, 0.4) is 0 Å². The molecule has 0 fully saturated rings. The van der Waals surface area contributed by atoms with Crippen LogP contribution in [-0.2, 0) is 13.1 Å². The van der Waals surface area contributed by atoms with Crippen molar-refractivity contribution in [1.82, 2.24) is 10.3 Å². The number of hydrogen-bond donors (Lipinski definition) is 2. The second kappa shape index (κ2) is 4.91. The van der Waals surface area contributed by atoms with Crippen LogP contribution in [0.15, 0.2) is 27.6 Å². The molecule has 0 spiro atoms. The minimum atomic E-state index is -0.977. The molecule has 0 aromatic carbocycles. The van der Waals surface area contributed by atoms with E-state index in [1.54, 1.807) is 16.8 Å². The van der Waals surface area contributed by atoms with Crippen LogP contribution in [0.5, 0.6) is 0 Å². The first-order valence-corrected chi connectivity index (χ1v) is 5.58. The van der Waals surface area contributed by atoms with Crippen LogP contribution in [0.2, 0.25) is 0 Å². The van der Waals surface area contributed by atoms with Gasteiger partial charge in [-0.25, -0.2) is 9.78 Å². The van der Waals surface area contributed by atoms with Gasteiger partial charge in [0, 0.05) is 11.9 Å². The van der Waals surface area contributed by atoms with Crippen molar-refractivity contribution >= 4 is 17.3 Å². The minimum Gasteiger partial charge on any atom is -0.478 e. The van der Waals surface area contributed by atoms with Crippen molar-refractivity contribution in [3.63, 3.8) is 0 Å². The number of aromatic carboxylic acids is 1. The third-order valence-electron chi connectivity index (χ3n) is 1.99. The molecule has 0 radical (unpaired) electrons. The molecule has 5 nitrogen and oxygen atoms in total. The van der Waals surface area contributed by atoms with Crippen molar-refractivity contribution in [2.75, 3.05) is 0 Å². The van der Waals surface area contributed by atoms with Gasteiger partial charge in [-0.05, 0) is 6.07 Å². The molecule has 0 saturated carbocycles. The second-order valence-electron chi connectivity index (χ2n) is 3.19. The number of thiazole rings is 1. The zero-order valence-corrected chi connectivity index (χ0v) is 9.16. The minimum absolute atomic E-state index is 0.172. The summed E-state index contributed by atoms with van der Waals surface area (Å²) in [7, 11) is 0. The first-order valence-electron chi connectivity index (χ1n) is 4.64. The number of rotatable bonds is 5. The highest BCUT2D eigenvalue weighted by atomic mass is 32.1. The lowest BCUT2D eigenvalue weighted by molar-refractivity contribution is 0.0696. The lowest BCUT2D eigenvalue weighted by Gasteiger charge is -1.98. The maximum atomic E-state index is 10.6. The maximum Gasteiger partial charge on any atom is 0.338 e. The van der Waals surface area contributed by atoms with E-state index < -0.39 is 5.97 Å². The Morgan fingerprint density at radius 2 is 2.44 bits per heavy atom. The molecule has 0 aliphatic heterocycles. The quantitative estimate of drug-likeness (QED) is 0.829. The van der Waals surface area contributed by atoms with Crippen LogP contribution < -0.4 is 5.32 Å². The van der Waals surface area contributed by atoms with Crippen LogP contribution in [0.1, 0.15) is 21.8 Å². The number of carboxylic acids is 1. The van der Waals surface area contributed by atoms with E-state index in [9.17, 15) is 4.79 Å². The molecule has 0 aliphatic rings. The fourth-order valence-corrected chi connectivity index (χ4v) is 1.78. The molecule has 16 heavy (non-hydrogen) atoms. The van der Waals surface area contributed by atoms with Crippen LogP contribution >= 0.6 is 11.3 Å². The van der Waals surface area contributed by atoms with Gasteiger partial charge in [0.1, 0.15) is 12.0 Å².